The molecule has 6 aromatic carbocycles. The Morgan fingerprint density at radius 1 is 0.489 bits per heavy atom. The number of aromatic amines is 1. The number of hydrogen-bond donors (Lipinski definition) is 3. The van der Waals surface area contributed by atoms with Gasteiger partial charge in [0.25, 0.3) is 0 Å². The van der Waals surface area contributed by atoms with E-state index in [0.717, 1.165) is 34.3 Å². The van der Waals surface area contributed by atoms with Gasteiger partial charge < -0.3 is 21.2 Å². The summed E-state index contributed by atoms with van der Waals surface area (Å²) in [5.41, 5.74) is 18.7. The van der Waals surface area contributed by atoms with Crippen LogP contribution < -0.4 is 11.5 Å². The molecule has 0 amide bonds. The van der Waals surface area contributed by atoms with Crippen LogP contribution in [-0.4, -0.2) is 16.3 Å². The Labute approximate surface area is 264 Å². The number of carbonyl (C=O) groups excluding carboxylic acids is 1. The van der Waals surface area contributed by atoms with E-state index in [1.54, 1.807) is 12.1 Å². The largest absolute Gasteiger partial charge is 0.397 e. The molecule has 0 atom stereocenters. The molecule has 0 unspecified atom stereocenters. The van der Waals surface area contributed by atoms with E-state index < -0.39 is 0 Å². The Hall–Kier alpha value is -5.94. The van der Waals surface area contributed by atoms with E-state index in [9.17, 15) is 4.79 Å². The van der Waals surface area contributed by atoms with Crippen molar-refractivity contribution in [2.24, 2.45) is 0 Å². The maximum atomic E-state index is 11.1. The Balaban J connectivity index is 0.000000150. The van der Waals surface area contributed by atoms with Crippen LogP contribution in [0.1, 0.15) is 39.9 Å². The number of nitrogens with one attached hydrogen (secondary N) is 1. The lowest BCUT2D eigenvalue weighted by Crippen LogP contribution is -2.05. The van der Waals surface area contributed by atoms with E-state index in [1.165, 1.54) is 11.1 Å². The number of aldehydes is 1. The topological polar surface area (TPSA) is 97.8 Å². The standard InChI is InChI=1S/C20H16N2.C14H12O.C6H8N2/c1-3-9-15(10-4-1)19(16-11-5-2-6-12-16)20-21-17-13-7-8-14-18(17)22-20;15-11-14(12-7-3-1-4-8-12)13-9-5-2-6-10-13;7-5-3-1-2-4-6(5)8/h1-14,19H,(H,21,22);1-11,14H;1-4H,7-8H2. The van der Waals surface area contributed by atoms with Gasteiger partial charge in [-0.15, -0.1) is 0 Å². The summed E-state index contributed by atoms with van der Waals surface area (Å²) in [4.78, 5) is 19.4. The number of para-hydroxylation sites is 4. The Kier molecular flexibility index (Phi) is 10.5. The number of fused-ring (bicyclic) bond motifs is 1. The van der Waals surface area contributed by atoms with Gasteiger partial charge in [-0.1, -0.05) is 146 Å². The van der Waals surface area contributed by atoms with E-state index in [1.807, 2.05) is 103 Å². The van der Waals surface area contributed by atoms with E-state index >= 15 is 0 Å². The SMILES string of the molecule is Nc1ccccc1N.O=CC(c1ccccc1)c1ccccc1.c1ccc(C(c2ccccc2)c2nc3ccccc3[nH]2)cc1. The highest BCUT2D eigenvalue weighted by Crippen LogP contribution is 2.31. The van der Waals surface area contributed by atoms with E-state index in [2.05, 4.69) is 59.6 Å². The average Bonchev–Trinajstić information content (AvgIpc) is 3.53. The quantitative estimate of drug-likeness (QED) is 0.134. The molecular formula is C40H36N4O. The summed E-state index contributed by atoms with van der Waals surface area (Å²) < 4.78 is 0. The highest BCUT2D eigenvalue weighted by Gasteiger charge is 2.20. The molecule has 0 aliphatic carbocycles. The fourth-order valence-electron chi connectivity index (χ4n) is 5.09. The lowest BCUT2D eigenvalue weighted by Gasteiger charge is -2.15. The molecule has 0 spiro atoms. The maximum absolute atomic E-state index is 11.1. The van der Waals surface area contributed by atoms with Gasteiger partial charge in [0.1, 0.15) is 12.1 Å². The minimum atomic E-state index is -0.146. The third-order valence-electron chi connectivity index (χ3n) is 7.40. The number of benzene rings is 6. The number of hydrogen-bond acceptors (Lipinski definition) is 4. The number of aromatic nitrogens is 2. The molecule has 0 radical (unpaired) electrons. The molecule has 7 aromatic rings. The molecule has 1 aromatic heterocycles. The molecule has 222 valence electrons. The van der Waals surface area contributed by atoms with Crippen LogP contribution >= 0.6 is 0 Å². The highest BCUT2D eigenvalue weighted by molar-refractivity contribution is 5.75. The van der Waals surface area contributed by atoms with E-state index in [4.69, 9.17) is 16.5 Å². The zero-order chi connectivity index (χ0) is 31.3. The van der Waals surface area contributed by atoms with Gasteiger partial charge in [-0.2, -0.15) is 0 Å². The second kappa shape index (κ2) is 15.5. The first kappa shape index (κ1) is 30.5. The average molecular weight is 589 g/mol. The minimum absolute atomic E-state index is 0.120. The number of nitrogens with zero attached hydrogens (tertiary/aromatic N) is 1. The molecule has 5 N–H and O–H groups in total. The minimum Gasteiger partial charge on any atom is -0.397 e. The first-order valence-corrected chi connectivity index (χ1v) is 14.8. The summed E-state index contributed by atoms with van der Waals surface area (Å²) in [6.45, 7) is 0. The Morgan fingerprint density at radius 3 is 1.27 bits per heavy atom. The number of rotatable bonds is 6. The summed E-state index contributed by atoms with van der Waals surface area (Å²) in [6.07, 6.45) is 0.991. The molecule has 1 heterocycles. The first-order valence-electron chi connectivity index (χ1n) is 14.8. The van der Waals surface area contributed by atoms with Gasteiger partial charge in [0, 0.05) is 0 Å². The van der Waals surface area contributed by atoms with E-state index in [0.29, 0.717) is 11.4 Å². The first-order chi connectivity index (χ1) is 22.1. The van der Waals surface area contributed by atoms with Crippen LogP contribution in [0, 0.1) is 0 Å². The van der Waals surface area contributed by atoms with Gasteiger partial charge in [-0.25, -0.2) is 4.98 Å². The van der Waals surface area contributed by atoms with Crippen LogP contribution in [0.3, 0.4) is 0 Å². The third-order valence-corrected chi connectivity index (χ3v) is 7.40. The van der Waals surface area contributed by atoms with Crippen LogP contribution in [0.4, 0.5) is 11.4 Å². The number of anilines is 2. The number of nitrogens with two attached hydrogens (primary N) is 2. The third kappa shape index (κ3) is 8.12. The molecule has 0 saturated heterocycles. The summed E-state index contributed by atoms with van der Waals surface area (Å²) in [7, 11) is 0. The van der Waals surface area contributed by atoms with Gasteiger partial charge in [0.2, 0.25) is 0 Å². The van der Waals surface area contributed by atoms with Crippen molar-refractivity contribution in [3.8, 4) is 0 Å². The maximum Gasteiger partial charge on any atom is 0.131 e. The van der Waals surface area contributed by atoms with Crippen LogP contribution in [-0.2, 0) is 4.79 Å². The molecule has 0 bridgehead atoms. The zero-order valence-electron chi connectivity index (χ0n) is 24.9. The fraction of sp³-hybridized carbons (Fsp3) is 0.0500. The number of nitrogen functional groups attached to an aromatic ring is 2. The van der Waals surface area contributed by atoms with Crippen molar-refractivity contribution in [1.29, 1.82) is 0 Å². The normalized spacial score (nSPS) is 10.4. The molecular weight excluding hydrogens is 552 g/mol. The summed E-state index contributed by atoms with van der Waals surface area (Å²) >= 11 is 0. The summed E-state index contributed by atoms with van der Waals surface area (Å²) in [5, 5.41) is 0. The van der Waals surface area contributed by atoms with Crippen molar-refractivity contribution in [1.82, 2.24) is 9.97 Å². The molecule has 7 rings (SSSR count). The fourth-order valence-corrected chi connectivity index (χ4v) is 5.09. The number of H-pyrrole nitrogens is 1. The van der Waals surface area contributed by atoms with Crippen molar-refractivity contribution in [2.45, 2.75) is 11.8 Å². The molecule has 5 heteroatoms. The predicted octanol–water partition coefficient (Wildman–Crippen LogP) is 8.61. The van der Waals surface area contributed by atoms with Crippen LogP contribution in [0.2, 0.25) is 0 Å². The molecule has 0 saturated carbocycles. The van der Waals surface area contributed by atoms with Crippen molar-refractivity contribution in [2.75, 3.05) is 11.5 Å². The van der Waals surface area contributed by atoms with Crippen molar-refractivity contribution in [3.05, 3.63) is 198 Å². The van der Waals surface area contributed by atoms with Crippen molar-refractivity contribution in [3.63, 3.8) is 0 Å². The summed E-state index contributed by atoms with van der Waals surface area (Å²) in [5.74, 6) is 0.959. The lowest BCUT2D eigenvalue weighted by molar-refractivity contribution is -0.108. The smallest absolute Gasteiger partial charge is 0.131 e. The Bertz CT molecular complexity index is 1760. The summed E-state index contributed by atoms with van der Waals surface area (Å²) in [6, 6.07) is 56.1. The molecule has 5 nitrogen and oxygen atoms in total. The molecule has 0 aliphatic rings. The number of carbonyl (C=O) groups is 1. The number of imidazole rings is 1. The van der Waals surface area contributed by atoms with Crippen LogP contribution in [0.15, 0.2) is 170 Å². The monoisotopic (exact) mass is 588 g/mol. The van der Waals surface area contributed by atoms with Gasteiger partial charge in [-0.3, -0.25) is 0 Å². The lowest BCUT2D eigenvalue weighted by atomic mass is 9.91. The van der Waals surface area contributed by atoms with Gasteiger partial charge in [-0.05, 0) is 46.5 Å². The van der Waals surface area contributed by atoms with Gasteiger partial charge >= 0.3 is 0 Å². The zero-order valence-corrected chi connectivity index (χ0v) is 24.9. The highest BCUT2D eigenvalue weighted by atomic mass is 16.1. The Morgan fingerprint density at radius 2 is 0.867 bits per heavy atom. The predicted molar refractivity (Wildman–Crippen MR) is 186 cm³/mol. The van der Waals surface area contributed by atoms with Gasteiger partial charge in [0.05, 0.1) is 34.2 Å². The molecule has 0 aliphatic heterocycles. The van der Waals surface area contributed by atoms with E-state index in [-0.39, 0.29) is 11.8 Å². The molecule has 45 heavy (non-hydrogen) atoms. The van der Waals surface area contributed by atoms with Crippen LogP contribution in [0.5, 0.6) is 0 Å². The second-order valence-electron chi connectivity index (χ2n) is 10.5. The van der Waals surface area contributed by atoms with Gasteiger partial charge in [0.15, 0.2) is 0 Å². The van der Waals surface area contributed by atoms with Crippen molar-refractivity contribution < 1.29 is 4.79 Å². The van der Waals surface area contributed by atoms with Crippen molar-refractivity contribution >= 4 is 28.7 Å². The molecule has 0 fully saturated rings. The van der Waals surface area contributed by atoms with Crippen LogP contribution in [0.25, 0.3) is 11.0 Å². The second-order valence-corrected chi connectivity index (χ2v) is 10.5.